The molecule has 0 unspecified atom stereocenters. The average molecular weight is 271 g/mol. The number of anilines is 1. The highest BCUT2D eigenvalue weighted by Crippen LogP contribution is 2.30. The Hall–Kier alpha value is -1.53. The predicted molar refractivity (Wildman–Crippen MR) is 84.6 cm³/mol. The van der Waals surface area contributed by atoms with Crippen molar-refractivity contribution in [1.82, 2.24) is 10.3 Å². The quantitative estimate of drug-likeness (QED) is 0.737. The predicted octanol–water partition coefficient (Wildman–Crippen LogP) is 2.68. The molecular formula is C17H25N3. The minimum atomic E-state index is 0.647. The van der Waals surface area contributed by atoms with Gasteiger partial charge < -0.3 is 10.2 Å². The summed E-state index contributed by atoms with van der Waals surface area (Å²) in [5.41, 5.74) is 1.22. The van der Waals surface area contributed by atoms with Crippen molar-refractivity contribution in [3.05, 3.63) is 23.9 Å². The van der Waals surface area contributed by atoms with E-state index < -0.39 is 0 Å². The first-order valence-electron chi connectivity index (χ1n) is 7.53. The zero-order valence-electron chi connectivity index (χ0n) is 12.6. The molecule has 1 aliphatic carbocycles. The molecule has 0 aliphatic heterocycles. The molecule has 1 aliphatic rings. The largest absolute Gasteiger partial charge is 0.345 e. The third-order valence-electron chi connectivity index (χ3n) is 3.47. The summed E-state index contributed by atoms with van der Waals surface area (Å²) in [4.78, 5) is 6.78. The molecule has 2 rings (SSSR count). The molecule has 0 spiro atoms. The molecule has 0 bridgehead atoms. The van der Waals surface area contributed by atoms with Gasteiger partial charge in [0.25, 0.3) is 0 Å². The van der Waals surface area contributed by atoms with Crippen LogP contribution in [0.15, 0.2) is 18.3 Å². The van der Waals surface area contributed by atoms with Crippen molar-refractivity contribution >= 4 is 5.82 Å². The molecule has 3 heteroatoms. The molecule has 1 aromatic heterocycles. The van der Waals surface area contributed by atoms with Gasteiger partial charge in [0.2, 0.25) is 0 Å². The highest BCUT2D eigenvalue weighted by Gasteiger charge is 2.24. The molecule has 1 saturated carbocycles. The summed E-state index contributed by atoms with van der Waals surface area (Å²) in [6, 6.07) is 4.23. The summed E-state index contributed by atoms with van der Waals surface area (Å²) < 4.78 is 0. The Morgan fingerprint density at radius 2 is 2.25 bits per heavy atom. The lowest BCUT2D eigenvalue weighted by Gasteiger charge is -2.21. The van der Waals surface area contributed by atoms with E-state index >= 15 is 0 Å². The van der Waals surface area contributed by atoms with E-state index in [0.29, 0.717) is 12.5 Å². The number of terminal acetylenes is 1. The van der Waals surface area contributed by atoms with Gasteiger partial charge in [0.1, 0.15) is 5.82 Å². The van der Waals surface area contributed by atoms with E-state index in [4.69, 9.17) is 6.42 Å². The van der Waals surface area contributed by atoms with Crippen molar-refractivity contribution < 1.29 is 0 Å². The monoisotopic (exact) mass is 271 g/mol. The van der Waals surface area contributed by atoms with Gasteiger partial charge in [-0.2, -0.15) is 0 Å². The van der Waals surface area contributed by atoms with Crippen LogP contribution >= 0.6 is 0 Å². The first-order chi connectivity index (χ1) is 9.69. The number of nitrogens with zero attached hydrogens (tertiary/aromatic N) is 2. The minimum Gasteiger partial charge on any atom is -0.345 e. The van der Waals surface area contributed by atoms with Gasteiger partial charge in [-0.05, 0) is 42.9 Å². The van der Waals surface area contributed by atoms with Gasteiger partial charge in [-0.3, -0.25) is 0 Å². The SMILES string of the molecule is C#CCN(CC1CC1)c1ccc(CNCC(C)C)cn1. The number of nitrogens with one attached hydrogen (secondary N) is 1. The Kier molecular flexibility index (Phi) is 5.43. The van der Waals surface area contributed by atoms with E-state index in [-0.39, 0.29) is 0 Å². The maximum Gasteiger partial charge on any atom is 0.129 e. The second-order valence-corrected chi connectivity index (χ2v) is 6.08. The molecule has 0 aromatic carbocycles. The van der Waals surface area contributed by atoms with Crippen LogP contribution in [0.3, 0.4) is 0 Å². The third kappa shape index (κ3) is 4.86. The van der Waals surface area contributed by atoms with Gasteiger partial charge >= 0.3 is 0 Å². The highest BCUT2D eigenvalue weighted by atomic mass is 15.2. The first-order valence-corrected chi connectivity index (χ1v) is 7.53. The van der Waals surface area contributed by atoms with Crippen molar-refractivity contribution in [1.29, 1.82) is 0 Å². The van der Waals surface area contributed by atoms with Crippen molar-refractivity contribution in [2.45, 2.75) is 33.2 Å². The standard InChI is InChI=1S/C17H25N3/c1-4-9-20(13-15-5-6-15)17-8-7-16(12-19-17)11-18-10-14(2)3/h1,7-8,12,14-15,18H,5-6,9-11,13H2,2-3H3. The smallest absolute Gasteiger partial charge is 0.129 e. The molecule has 3 nitrogen and oxygen atoms in total. The van der Waals surface area contributed by atoms with E-state index in [9.17, 15) is 0 Å². The van der Waals surface area contributed by atoms with Crippen LogP contribution in [-0.2, 0) is 6.54 Å². The summed E-state index contributed by atoms with van der Waals surface area (Å²) in [6.45, 7) is 8.03. The number of aromatic nitrogens is 1. The Balaban J connectivity index is 1.89. The molecule has 20 heavy (non-hydrogen) atoms. The minimum absolute atomic E-state index is 0.647. The maximum atomic E-state index is 5.46. The second kappa shape index (κ2) is 7.31. The topological polar surface area (TPSA) is 28.2 Å². The van der Waals surface area contributed by atoms with E-state index in [0.717, 1.165) is 31.4 Å². The lowest BCUT2D eigenvalue weighted by atomic mass is 10.2. The third-order valence-corrected chi connectivity index (χ3v) is 3.47. The van der Waals surface area contributed by atoms with E-state index in [1.165, 1.54) is 18.4 Å². The molecule has 0 radical (unpaired) electrons. The summed E-state index contributed by atoms with van der Waals surface area (Å²) in [5.74, 6) is 5.23. The van der Waals surface area contributed by atoms with Gasteiger partial charge in [-0.1, -0.05) is 25.8 Å². The van der Waals surface area contributed by atoms with Crippen LogP contribution in [0.5, 0.6) is 0 Å². The number of hydrogen-bond acceptors (Lipinski definition) is 3. The van der Waals surface area contributed by atoms with Crippen molar-refractivity contribution in [2.75, 3.05) is 24.5 Å². The lowest BCUT2D eigenvalue weighted by molar-refractivity contribution is 0.552. The summed E-state index contributed by atoms with van der Waals surface area (Å²) in [5, 5.41) is 3.43. The van der Waals surface area contributed by atoms with Gasteiger partial charge in [-0.15, -0.1) is 6.42 Å². The normalized spacial score (nSPS) is 14.3. The fourth-order valence-electron chi connectivity index (χ4n) is 2.17. The van der Waals surface area contributed by atoms with E-state index in [2.05, 4.69) is 47.1 Å². The van der Waals surface area contributed by atoms with Crippen LogP contribution in [0.25, 0.3) is 0 Å². The molecule has 0 atom stereocenters. The van der Waals surface area contributed by atoms with Crippen LogP contribution in [-0.4, -0.2) is 24.6 Å². The Morgan fingerprint density at radius 1 is 1.45 bits per heavy atom. The highest BCUT2D eigenvalue weighted by molar-refractivity contribution is 5.41. The first kappa shape index (κ1) is 14.9. The van der Waals surface area contributed by atoms with Crippen molar-refractivity contribution in [3.63, 3.8) is 0 Å². The van der Waals surface area contributed by atoms with E-state index in [1.54, 1.807) is 0 Å². The summed E-state index contributed by atoms with van der Waals surface area (Å²) in [7, 11) is 0. The summed E-state index contributed by atoms with van der Waals surface area (Å²) >= 11 is 0. The number of hydrogen-bond donors (Lipinski definition) is 1. The molecular weight excluding hydrogens is 246 g/mol. The molecule has 1 N–H and O–H groups in total. The summed E-state index contributed by atoms with van der Waals surface area (Å²) in [6.07, 6.45) is 10.1. The zero-order valence-corrected chi connectivity index (χ0v) is 12.6. The zero-order chi connectivity index (χ0) is 14.4. The second-order valence-electron chi connectivity index (χ2n) is 6.08. The molecule has 1 fully saturated rings. The van der Waals surface area contributed by atoms with Crippen LogP contribution in [0.2, 0.25) is 0 Å². The van der Waals surface area contributed by atoms with Crippen LogP contribution in [0, 0.1) is 24.2 Å². The van der Waals surface area contributed by atoms with Crippen molar-refractivity contribution in [3.8, 4) is 12.3 Å². The molecule has 0 saturated heterocycles. The molecule has 0 amide bonds. The Bertz CT molecular complexity index is 440. The average Bonchev–Trinajstić information content (AvgIpc) is 3.23. The molecule has 1 heterocycles. The van der Waals surface area contributed by atoms with Gasteiger partial charge in [0.05, 0.1) is 6.54 Å². The van der Waals surface area contributed by atoms with E-state index in [1.807, 2.05) is 6.20 Å². The van der Waals surface area contributed by atoms with Gasteiger partial charge in [0, 0.05) is 19.3 Å². The van der Waals surface area contributed by atoms with Crippen LogP contribution in [0.1, 0.15) is 32.3 Å². The molecule has 1 aromatic rings. The van der Waals surface area contributed by atoms with Crippen LogP contribution in [0.4, 0.5) is 5.82 Å². The number of rotatable bonds is 8. The Morgan fingerprint density at radius 3 is 2.80 bits per heavy atom. The maximum absolute atomic E-state index is 5.46. The molecule has 108 valence electrons. The van der Waals surface area contributed by atoms with Crippen molar-refractivity contribution in [2.24, 2.45) is 11.8 Å². The fraction of sp³-hybridized carbons (Fsp3) is 0.588. The van der Waals surface area contributed by atoms with Crippen LogP contribution < -0.4 is 10.2 Å². The lowest BCUT2D eigenvalue weighted by Crippen LogP contribution is -2.27. The van der Waals surface area contributed by atoms with Gasteiger partial charge in [0.15, 0.2) is 0 Å². The Labute approximate surface area is 122 Å². The number of pyridine rings is 1. The fourth-order valence-corrected chi connectivity index (χ4v) is 2.17. The van der Waals surface area contributed by atoms with Gasteiger partial charge in [-0.25, -0.2) is 4.98 Å².